The van der Waals surface area contributed by atoms with Crippen molar-refractivity contribution >= 4 is 22.7 Å². The zero-order valence-corrected chi connectivity index (χ0v) is 12.6. The Balaban J connectivity index is 2.11. The number of aromatic nitrogens is 1. The van der Waals surface area contributed by atoms with Crippen molar-refractivity contribution < 1.29 is 9.59 Å². The number of fused-ring (bicyclic) bond motifs is 1. The minimum Gasteiger partial charge on any atom is -0.335 e. The van der Waals surface area contributed by atoms with Gasteiger partial charge in [0, 0.05) is 23.5 Å². The molecule has 0 spiro atoms. The molecule has 1 saturated heterocycles. The van der Waals surface area contributed by atoms with Crippen molar-refractivity contribution in [3.63, 3.8) is 0 Å². The van der Waals surface area contributed by atoms with Crippen LogP contribution in [0.1, 0.15) is 49.8 Å². The number of amides is 2. The maximum absolute atomic E-state index is 12.1. The summed E-state index contributed by atoms with van der Waals surface area (Å²) in [5.74, 6) is 0.0743. The van der Waals surface area contributed by atoms with E-state index in [2.05, 4.69) is 44.3 Å². The highest BCUT2D eigenvalue weighted by Crippen LogP contribution is 2.30. The Morgan fingerprint density at radius 3 is 2.71 bits per heavy atom. The number of nitrogens with one attached hydrogen (secondary N) is 1. The first-order valence-electron chi connectivity index (χ1n) is 7.42. The maximum atomic E-state index is 12.1. The average Bonchev–Trinajstić information content (AvgIpc) is 2.75. The summed E-state index contributed by atoms with van der Waals surface area (Å²) < 4.78 is 2.03. The Morgan fingerprint density at radius 1 is 1.29 bits per heavy atom. The molecule has 2 amide bonds. The number of hydrogen-bond donors (Lipinski definition) is 1. The van der Waals surface area contributed by atoms with Crippen LogP contribution in [0.15, 0.2) is 24.4 Å². The molecule has 2 aromatic rings. The van der Waals surface area contributed by atoms with E-state index >= 15 is 0 Å². The van der Waals surface area contributed by atoms with Crippen LogP contribution in [-0.4, -0.2) is 16.4 Å². The molecule has 1 N–H and O–H groups in total. The quantitative estimate of drug-likeness (QED) is 0.862. The predicted octanol–water partition coefficient (Wildman–Crippen LogP) is 3.05. The molecule has 2 heterocycles. The topological polar surface area (TPSA) is 51.1 Å². The predicted molar refractivity (Wildman–Crippen MR) is 82.2 cm³/mol. The molecule has 4 heteroatoms. The number of rotatable bonds is 2. The summed E-state index contributed by atoms with van der Waals surface area (Å²) in [6.45, 7) is 6.38. The van der Waals surface area contributed by atoms with Crippen LogP contribution < -0.4 is 5.32 Å². The molecule has 1 fully saturated rings. The Morgan fingerprint density at radius 2 is 2.05 bits per heavy atom. The molecule has 1 aliphatic rings. The number of imide groups is 1. The summed E-state index contributed by atoms with van der Waals surface area (Å²) in [4.78, 5) is 23.4. The highest BCUT2D eigenvalue weighted by Gasteiger charge is 2.29. The average molecular weight is 284 g/mol. The molecule has 1 aromatic heterocycles. The Labute approximate surface area is 124 Å². The van der Waals surface area contributed by atoms with Crippen LogP contribution in [0.25, 0.3) is 10.9 Å². The molecule has 3 rings (SSSR count). The second-order valence-electron chi connectivity index (χ2n) is 6.12. The smallest absolute Gasteiger partial charge is 0.249 e. The van der Waals surface area contributed by atoms with Crippen molar-refractivity contribution in [2.45, 2.75) is 45.6 Å². The number of hydrogen-bond acceptors (Lipinski definition) is 2. The lowest BCUT2D eigenvalue weighted by Gasteiger charge is -2.23. The van der Waals surface area contributed by atoms with Gasteiger partial charge in [0.1, 0.15) is 6.04 Å². The third-order valence-corrected chi connectivity index (χ3v) is 4.27. The van der Waals surface area contributed by atoms with Gasteiger partial charge in [0.15, 0.2) is 0 Å². The van der Waals surface area contributed by atoms with Crippen LogP contribution in [0.4, 0.5) is 0 Å². The number of carbonyl (C=O) groups excluding carboxylic acids is 2. The zero-order valence-electron chi connectivity index (χ0n) is 12.6. The molecule has 0 saturated carbocycles. The van der Waals surface area contributed by atoms with Crippen LogP contribution >= 0.6 is 0 Å². The van der Waals surface area contributed by atoms with Crippen LogP contribution in [0.3, 0.4) is 0 Å². The Bertz CT molecular complexity index is 728. The van der Waals surface area contributed by atoms with E-state index in [4.69, 9.17) is 0 Å². The van der Waals surface area contributed by atoms with E-state index in [-0.39, 0.29) is 17.9 Å². The van der Waals surface area contributed by atoms with Gasteiger partial charge < -0.3 is 4.57 Å². The minimum absolute atomic E-state index is 0.174. The van der Waals surface area contributed by atoms with Crippen molar-refractivity contribution in [2.24, 2.45) is 0 Å². The van der Waals surface area contributed by atoms with Crippen LogP contribution in [0.2, 0.25) is 0 Å². The lowest BCUT2D eigenvalue weighted by molar-refractivity contribution is -0.135. The number of piperidine rings is 1. The Hall–Kier alpha value is -2.10. The highest BCUT2D eigenvalue weighted by molar-refractivity contribution is 6.00. The summed E-state index contributed by atoms with van der Waals surface area (Å²) in [7, 11) is 0. The summed E-state index contributed by atoms with van der Waals surface area (Å²) in [5.41, 5.74) is 3.49. The van der Waals surface area contributed by atoms with Crippen molar-refractivity contribution in [1.29, 1.82) is 0 Å². The van der Waals surface area contributed by atoms with E-state index in [1.807, 2.05) is 10.8 Å². The van der Waals surface area contributed by atoms with E-state index in [9.17, 15) is 9.59 Å². The van der Waals surface area contributed by atoms with Gasteiger partial charge in [-0.15, -0.1) is 0 Å². The molecule has 4 nitrogen and oxygen atoms in total. The molecule has 1 atom stereocenters. The Kier molecular flexibility index (Phi) is 3.32. The molecular weight excluding hydrogens is 264 g/mol. The van der Waals surface area contributed by atoms with Gasteiger partial charge in [0.2, 0.25) is 11.8 Å². The summed E-state index contributed by atoms with van der Waals surface area (Å²) in [5, 5.41) is 3.61. The molecule has 1 unspecified atom stereocenters. The van der Waals surface area contributed by atoms with Gasteiger partial charge in [-0.05, 0) is 36.5 Å². The van der Waals surface area contributed by atoms with Gasteiger partial charge in [-0.2, -0.15) is 0 Å². The molecule has 1 aliphatic heterocycles. The molecule has 0 aliphatic carbocycles. The van der Waals surface area contributed by atoms with Gasteiger partial charge in [-0.3, -0.25) is 14.9 Å². The molecule has 21 heavy (non-hydrogen) atoms. The standard InChI is InChI=1S/C17H20N2O2/c1-10(2)12-4-5-13-11(3)9-19(15(13)8-12)14-6-7-16(20)18-17(14)21/h4-5,8-10,14H,6-7H2,1-3H3,(H,18,20,21). The van der Waals surface area contributed by atoms with Gasteiger partial charge in [-0.25, -0.2) is 0 Å². The minimum atomic E-state index is -0.290. The van der Waals surface area contributed by atoms with Gasteiger partial charge in [0.05, 0.1) is 0 Å². The first kappa shape index (κ1) is 13.9. The van der Waals surface area contributed by atoms with Crippen LogP contribution in [0, 0.1) is 6.92 Å². The lowest BCUT2D eigenvalue weighted by atomic mass is 10.0. The molecule has 0 radical (unpaired) electrons. The third kappa shape index (κ3) is 2.35. The van der Waals surface area contributed by atoms with Crippen molar-refractivity contribution in [3.8, 4) is 0 Å². The van der Waals surface area contributed by atoms with E-state index in [1.165, 1.54) is 10.9 Å². The van der Waals surface area contributed by atoms with Gasteiger partial charge in [-0.1, -0.05) is 26.0 Å². The molecule has 1 aromatic carbocycles. The molecule has 110 valence electrons. The first-order valence-corrected chi connectivity index (χ1v) is 7.42. The number of nitrogens with zero attached hydrogens (tertiary/aromatic N) is 1. The summed E-state index contributed by atoms with van der Waals surface area (Å²) in [6.07, 6.45) is 2.99. The monoisotopic (exact) mass is 284 g/mol. The van der Waals surface area contributed by atoms with Crippen molar-refractivity contribution in [1.82, 2.24) is 9.88 Å². The normalized spacial score (nSPS) is 19.3. The van der Waals surface area contributed by atoms with E-state index in [0.29, 0.717) is 18.8 Å². The molecular formula is C17H20N2O2. The highest BCUT2D eigenvalue weighted by atomic mass is 16.2. The first-order chi connectivity index (χ1) is 9.97. The summed E-state index contributed by atoms with van der Waals surface area (Å²) >= 11 is 0. The van der Waals surface area contributed by atoms with E-state index < -0.39 is 0 Å². The van der Waals surface area contributed by atoms with Gasteiger partial charge >= 0.3 is 0 Å². The largest absolute Gasteiger partial charge is 0.335 e. The van der Waals surface area contributed by atoms with Crippen molar-refractivity contribution in [3.05, 3.63) is 35.5 Å². The van der Waals surface area contributed by atoms with Crippen LogP contribution in [0.5, 0.6) is 0 Å². The SMILES string of the molecule is Cc1cn(C2CCC(=O)NC2=O)c2cc(C(C)C)ccc12. The number of benzene rings is 1. The fourth-order valence-corrected chi connectivity index (χ4v) is 3.01. The van der Waals surface area contributed by atoms with Crippen molar-refractivity contribution in [2.75, 3.05) is 0 Å². The third-order valence-electron chi connectivity index (χ3n) is 4.27. The maximum Gasteiger partial charge on any atom is 0.249 e. The summed E-state index contributed by atoms with van der Waals surface area (Å²) in [6, 6.07) is 6.15. The van der Waals surface area contributed by atoms with Gasteiger partial charge in [0.25, 0.3) is 0 Å². The van der Waals surface area contributed by atoms with Crippen LogP contribution in [-0.2, 0) is 9.59 Å². The second kappa shape index (κ2) is 5.02. The number of carbonyl (C=O) groups is 2. The zero-order chi connectivity index (χ0) is 15.1. The van der Waals surface area contributed by atoms with E-state index in [1.54, 1.807) is 0 Å². The lowest BCUT2D eigenvalue weighted by Crippen LogP contribution is -2.41. The number of aryl methyl sites for hydroxylation is 1. The second-order valence-corrected chi connectivity index (χ2v) is 6.12. The van der Waals surface area contributed by atoms with E-state index in [0.717, 1.165) is 11.1 Å². The fourth-order valence-electron chi connectivity index (χ4n) is 3.01. The molecule has 0 bridgehead atoms. The fraction of sp³-hybridized carbons (Fsp3) is 0.412.